The monoisotopic (exact) mass is 177 g/mol. The van der Waals surface area contributed by atoms with Crippen molar-refractivity contribution in [3.8, 4) is 0 Å². The van der Waals surface area contributed by atoms with Crippen LogP contribution >= 0.6 is 0 Å². The quantitative estimate of drug-likeness (QED) is 0.520. The van der Waals surface area contributed by atoms with E-state index in [1.165, 1.54) is 6.92 Å². The van der Waals surface area contributed by atoms with E-state index in [-0.39, 0.29) is 5.78 Å². The molecule has 3 heteroatoms. The van der Waals surface area contributed by atoms with Gasteiger partial charge in [0, 0.05) is 12.5 Å². The van der Waals surface area contributed by atoms with Crippen LogP contribution in [0, 0.1) is 6.61 Å². The van der Waals surface area contributed by atoms with E-state index in [4.69, 9.17) is 0 Å². The average Bonchev–Trinajstić information content (AvgIpc) is 2.15. The van der Waals surface area contributed by atoms with E-state index < -0.39 is 5.97 Å². The van der Waals surface area contributed by atoms with Gasteiger partial charge in [0.15, 0.2) is 0 Å². The molecule has 0 bridgehead atoms. The molecule has 0 heterocycles. The first kappa shape index (κ1) is 9.45. The Morgan fingerprint density at radius 1 is 1.23 bits per heavy atom. The number of benzene rings is 1. The van der Waals surface area contributed by atoms with Crippen LogP contribution in [0.15, 0.2) is 30.3 Å². The zero-order chi connectivity index (χ0) is 9.68. The highest BCUT2D eigenvalue weighted by atomic mass is 16.5. The maximum atomic E-state index is 11.2. The highest BCUT2D eigenvalue weighted by molar-refractivity contribution is 6.02. The molecular formula is C10H9O3. The fourth-order valence-electron chi connectivity index (χ4n) is 0.807. The summed E-state index contributed by atoms with van der Waals surface area (Å²) in [5, 5.41) is 0. The summed E-state index contributed by atoms with van der Waals surface area (Å²) < 4.78 is 4.44. The lowest BCUT2D eigenvalue weighted by Gasteiger charge is -1.99. The number of hydrogen-bond acceptors (Lipinski definition) is 3. The zero-order valence-corrected chi connectivity index (χ0v) is 7.19. The molecule has 1 aromatic carbocycles. The number of carbonyl (C=O) groups excluding carboxylic acids is 2. The van der Waals surface area contributed by atoms with Gasteiger partial charge in [0.25, 0.3) is 0 Å². The Balaban J connectivity index is 2.54. The van der Waals surface area contributed by atoms with Crippen molar-refractivity contribution in [2.45, 2.75) is 6.92 Å². The van der Waals surface area contributed by atoms with E-state index in [1.54, 1.807) is 24.3 Å². The van der Waals surface area contributed by atoms with E-state index in [1.807, 2.05) is 6.07 Å². The molecule has 1 aromatic rings. The van der Waals surface area contributed by atoms with Gasteiger partial charge in [-0.05, 0) is 0 Å². The number of Topliss-reactive ketones (excluding diaryl/α,β-unsaturated/α-hetero) is 1. The number of rotatable bonds is 3. The summed E-state index contributed by atoms with van der Waals surface area (Å²) in [5.74, 6) is -0.805. The fraction of sp³-hybridized carbons (Fsp3) is 0.100. The number of ether oxygens (including phenoxy) is 1. The summed E-state index contributed by atoms with van der Waals surface area (Å²) in [6, 6.07) is 8.61. The Kier molecular flexibility index (Phi) is 3.20. The van der Waals surface area contributed by atoms with E-state index >= 15 is 0 Å². The molecule has 1 radical (unpaired) electrons. The van der Waals surface area contributed by atoms with Crippen LogP contribution in [0.25, 0.3) is 0 Å². The lowest BCUT2D eigenvalue weighted by Crippen LogP contribution is -2.05. The van der Waals surface area contributed by atoms with E-state index in [0.717, 1.165) is 6.61 Å². The molecule has 0 spiro atoms. The minimum Gasteiger partial charge on any atom is -0.450 e. The lowest BCUT2D eigenvalue weighted by atomic mass is 10.1. The minimum atomic E-state index is -0.496. The highest BCUT2D eigenvalue weighted by Crippen LogP contribution is 2.02. The van der Waals surface area contributed by atoms with Gasteiger partial charge in [0.2, 0.25) is 12.4 Å². The summed E-state index contributed by atoms with van der Waals surface area (Å²) in [4.78, 5) is 21.6. The first-order valence-electron chi connectivity index (χ1n) is 3.80. The summed E-state index contributed by atoms with van der Waals surface area (Å²) in [6.45, 7) is 2.16. The zero-order valence-electron chi connectivity index (χ0n) is 7.19. The van der Waals surface area contributed by atoms with Gasteiger partial charge in [-0.3, -0.25) is 9.59 Å². The van der Waals surface area contributed by atoms with Crippen molar-refractivity contribution in [1.82, 2.24) is 0 Å². The fourth-order valence-corrected chi connectivity index (χ4v) is 0.807. The SMILES string of the molecule is CC(=O)O[CH]C(=O)c1ccccc1. The number of esters is 1. The van der Waals surface area contributed by atoms with Gasteiger partial charge in [-0.25, -0.2) is 0 Å². The molecule has 0 aliphatic carbocycles. The van der Waals surface area contributed by atoms with Crippen LogP contribution in [-0.4, -0.2) is 11.8 Å². The number of hydrogen-bond donors (Lipinski definition) is 0. The maximum absolute atomic E-state index is 11.2. The Morgan fingerprint density at radius 2 is 1.85 bits per heavy atom. The Bertz CT molecular complexity index is 303. The van der Waals surface area contributed by atoms with Crippen molar-refractivity contribution in [1.29, 1.82) is 0 Å². The second-order valence-corrected chi connectivity index (χ2v) is 2.46. The molecule has 13 heavy (non-hydrogen) atoms. The lowest BCUT2D eigenvalue weighted by molar-refractivity contribution is -0.137. The molecule has 67 valence electrons. The molecule has 0 amide bonds. The van der Waals surface area contributed by atoms with Crippen LogP contribution in [-0.2, 0) is 9.53 Å². The molecule has 0 aliphatic rings. The molecule has 0 atom stereocenters. The third-order valence-electron chi connectivity index (χ3n) is 1.39. The van der Waals surface area contributed by atoms with Crippen LogP contribution in [0.4, 0.5) is 0 Å². The third-order valence-corrected chi connectivity index (χ3v) is 1.39. The molecule has 3 nitrogen and oxygen atoms in total. The molecule has 0 aromatic heterocycles. The van der Waals surface area contributed by atoms with Crippen LogP contribution in [0.1, 0.15) is 17.3 Å². The van der Waals surface area contributed by atoms with Gasteiger partial charge in [0.1, 0.15) is 0 Å². The predicted octanol–water partition coefficient (Wildman–Crippen LogP) is 1.59. The van der Waals surface area contributed by atoms with Gasteiger partial charge in [-0.2, -0.15) is 0 Å². The van der Waals surface area contributed by atoms with Gasteiger partial charge < -0.3 is 4.74 Å². The Labute approximate surface area is 76.3 Å². The van der Waals surface area contributed by atoms with Crippen LogP contribution in [0.2, 0.25) is 0 Å². The maximum Gasteiger partial charge on any atom is 0.303 e. The van der Waals surface area contributed by atoms with Crippen molar-refractivity contribution in [2.24, 2.45) is 0 Å². The summed E-state index contributed by atoms with van der Waals surface area (Å²) in [5.41, 5.74) is 0.503. The first-order valence-corrected chi connectivity index (χ1v) is 3.80. The van der Waals surface area contributed by atoms with Gasteiger partial charge in [-0.15, -0.1) is 0 Å². The van der Waals surface area contributed by atoms with Crippen LogP contribution in [0.5, 0.6) is 0 Å². The molecule has 0 fully saturated rings. The van der Waals surface area contributed by atoms with E-state index in [9.17, 15) is 9.59 Å². The van der Waals surface area contributed by atoms with Gasteiger partial charge in [0.05, 0.1) is 0 Å². The first-order chi connectivity index (χ1) is 6.20. The largest absolute Gasteiger partial charge is 0.450 e. The number of ketones is 1. The topological polar surface area (TPSA) is 43.4 Å². The summed E-state index contributed by atoms with van der Waals surface area (Å²) in [7, 11) is 0. The molecule has 0 saturated heterocycles. The van der Waals surface area contributed by atoms with Crippen molar-refractivity contribution in [3.05, 3.63) is 42.5 Å². The molecule has 0 aliphatic heterocycles. The van der Waals surface area contributed by atoms with Gasteiger partial charge >= 0.3 is 5.97 Å². The molecule has 0 N–H and O–H groups in total. The highest BCUT2D eigenvalue weighted by Gasteiger charge is 2.07. The molecule has 0 unspecified atom stereocenters. The van der Waals surface area contributed by atoms with Crippen molar-refractivity contribution in [3.63, 3.8) is 0 Å². The number of carbonyl (C=O) groups is 2. The van der Waals surface area contributed by atoms with Crippen LogP contribution < -0.4 is 0 Å². The summed E-state index contributed by atoms with van der Waals surface area (Å²) >= 11 is 0. The molecule has 0 saturated carbocycles. The van der Waals surface area contributed by atoms with Crippen LogP contribution in [0.3, 0.4) is 0 Å². The van der Waals surface area contributed by atoms with Crippen molar-refractivity contribution >= 4 is 11.8 Å². The average molecular weight is 177 g/mol. The predicted molar refractivity (Wildman–Crippen MR) is 46.8 cm³/mol. The smallest absolute Gasteiger partial charge is 0.303 e. The second-order valence-electron chi connectivity index (χ2n) is 2.46. The Morgan fingerprint density at radius 3 is 2.38 bits per heavy atom. The van der Waals surface area contributed by atoms with Crippen molar-refractivity contribution in [2.75, 3.05) is 0 Å². The Hall–Kier alpha value is -1.64. The third kappa shape index (κ3) is 3.07. The summed E-state index contributed by atoms with van der Waals surface area (Å²) in [6.07, 6.45) is 0. The minimum absolute atomic E-state index is 0.309. The van der Waals surface area contributed by atoms with Gasteiger partial charge in [-0.1, -0.05) is 30.3 Å². The molecular weight excluding hydrogens is 168 g/mol. The molecule has 1 rings (SSSR count). The van der Waals surface area contributed by atoms with E-state index in [2.05, 4.69) is 4.74 Å². The second kappa shape index (κ2) is 4.40. The van der Waals surface area contributed by atoms with E-state index in [0.29, 0.717) is 5.56 Å². The van der Waals surface area contributed by atoms with Crippen molar-refractivity contribution < 1.29 is 14.3 Å². The standard InChI is InChI=1S/C10H9O3/c1-8(11)13-7-10(12)9-5-3-2-4-6-9/h2-7H,1H3. The normalized spacial score (nSPS) is 9.31.